The van der Waals surface area contributed by atoms with Crippen LogP contribution in [0.1, 0.15) is 27.2 Å². The Morgan fingerprint density at radius 3 is 2.33 bits per heavy atom. The molecule has 0 bridgehead atoms. The smallest absolute Gasteiger partial charge is 0.330 e. The van der Waals surface area contributed by atoms with Crippen LogP contribution in [0, 0.1) is 0 Å². The Morgan fingerprint density at radius 2 is 2.00 bits per heavy atom. The highest BCUT2D eigenvalue weighted by Gasteiger charge is 2.09. The topological polar surface area (TPSA) is 49.3 Å². The Bertz CT molecular complexity index is 179. The van der Waals surface area contributed by atoms with Crippen molar-refractivity contribution in [3.05, 3.63) is 12.2 Å². The summed E-state index contributed by atoms with van der Waals surface area (Å²) in [6.45, 7) is 10.2. The number of rotatable bonds is 4. The molecule has 0 heterocycles. The molecule has 0 radical (unpaired) electrons. The summed E-state index contributed by atoms with van der Waals surface area (Å²) in [5.41, 5.74) is 0.297. The van der Waals surface area contributed by atoms with Crippen molar-refractivity contribution < 1.29 is 9.90 Å². The van der Waals surface area contributed by atoms with Crippen molar-refractivity contribution in [1.82, 2.24) is 5.32 Å². The number of carbonyl (C=O) groups is 1. The average molecular weight is 171 g/mol. The highest BCUT2D eigenvalue weighted by molar-refractivity contribution is 5.85. The highest BCUT2D eigenvalue weighted by Crippen LogP contribution is 2.01. The molecule has 0 aliphatic rings. The molecule has 0 saturated carbocycles. The van der Waals surface area contributed by atoms with Crippen molar-refractivity contribution >= 4 is 5.97 Å². The van der Waals surface area contributed by atoms with Crippen molar-refractivity contribution in [3.63, 3.8) is 0 Å². The number of hydrogen-bond donors (Lipinski definition) is 2. The lowest BCUT2D eigenvalue weighted by atomic mass is 10.1. The molecule has 0 aliphatic heterocycles. The fourth-order valence-electron chi connectivity index (χ4n) is 0.695. The van der Waals surface area contributed by atoms with Crippen LogP contribution in [0.2, 0.25) is 0 Å². The molecule has 0 aromatic heterocycles. The largest absolute Gasteiger partial charge is 0.478 e. The van der Waals surface area contributed by atoms with E-state index >= 15 is 0 Å². The lowest BCUT2D eigenvalue weighted by molar-refractivity contribution is -0.132. The van der Waals surface area contributed by atoms with E-state index in [1.165, 1.54) is 0 Å². The summed E-state index contributed by atoms with van der Waals surface area (Å²) in [5, 5.41) is 11.7. The van der Waals surface area contributed by atoms with Gasteiger partial charge in [0, 0.05) is 11.1 Å². The summed E-state index contributed by atoms with van der Waals surface area (Å²) in [4.78, 5) is 10.3. The van der Waals surface area contributed by atoms with Crippen molar-refractivity contribution in [3.8, 4) is 0 Å². The van der Waals surface area contributed by atoms with Gasteiger partial charge in [-0.1, -0.05) is 6.58 Å². The van der Waals surface area contributed by atoms with Crippen molar-refractivity contribution in [2.45, 2.75) is 32.7 Å². The molecule has 70 valence electrons. The SMILES string of the molecule is C=C(CCNC(C)(C)C)C(=O)O. The van der Waals surface area contributed by atoms with Crippen molar-refractivity contribution in [2.24, 2.45) is 0 Å². The van der Waals surface area contributed by atoms with Gasteiger partial charge in [0.15, 0.2) is 0 Å². The molecule has 3 heteroatoms. The van der Waals surface area contributed by atoms with Crippen LogP contribution in [-0.2, 0) is 4.79 Å². The molecule has 12 heavy (non-hydrogen) atoms. The normalized spacial score (nSPS) is 11.2. The lowest BCUT2D eigenvalue weighted by Gasteiger charge is -2.20. The summed E-state index contributed by atoms with van der Waals surface area (Å²) < 4.78 is 0. The molecule has 0 fully saturated rings. The van der Waals surface area contributed by atoms with Gasteiger partial charge in [0.1, 0.15) is 0 Å². The molecule has 0 rings (SSSR count). The quantitative estimate of drug-likeness (QED) is 0.629. The first-order valence-electron chi connectivity index (χ1n) is 3.99. The maximum absolute atomic E-state index is 10.3. The third-order valence-electron chi connectivity index (χ3n) is 1.38. The van der Waals surface area contributed by atoms with Gasteiger partial charge < -0.3 is 10.4 Å². The van der Waals surface area contributed by atoms with Crippen LogP contribution in [0.5, 0.6) is 0 Å². The van der Waals surface area contributed by atoms with Gasteiger partial charge in [0.05, 0.1) is 0 Å². The maximum Gasteiger partial charge on any atom is 0.330 e. The van der Waals surface area contributed by atoms with Crippen molar-refractivity contribution in [1.29, 1.82) is 0 Å². The fourth-order valence-corrected chi connectivity index (χ4v) is 0.695. The Kier molecular flexibility index (Phi) is 3.96. The Balaban J connectivity index is 3.58. The van der Waals surface area contributed by atoms with E-state index in [2.05, 4.69) is 11.9 Å². The predicted octanol–water partition coefficient (Wildman–Crippen LogP) is 1.41. The molecule has 0 unspecified atom stereocenters. The van der Waals surface area contributed by atoms with E-state index in [1.807, 2.05) is 20.8 Å². The summed E-state index contributed by atoms with van der Waals surface area (Å²) in [6, 6.07) is 0. The molecule has 0 amide bonds. The molecule has 3 nitrogen and oxygen atoms in total. The zero-order valence-corrected chi connectivity index (χ0v) is 7.98. The van der Waals surface area contributed by atoms with Gasteiger partial charge in [-0.3, -0.25) is 0 Å². The van der Waals surface area contributed by atoms with E-state index in [9.17, 15) is 4.79 Å². The second-order valence-corrected chi connectivity index (χ2v) is 3.84. The van der Waals surface area contributed by atoms with Gasteiger partial charge in [-0.2, -0.15) is 0 Å². The molecule has 0 aliphatic carbocycles. The molecular weight excluding hydrogens is 154 g/mol. The van der Waals surface area contributed by atoms with Crippen LogP contribution in [-0.4, -0.2) is 23.2 Å². The van der Waals surface area contributed by atoms with Crippen LogP contribution in [0.15, 0.2) is 12.2 Å². The predicted molar refractivity (Wildman–Crippen MR) is 49.1 cm³/mol. The third-order valence-corrected chi connectivity index (χ3v) is 1.38. The summed E-state index contributed by atoms with van der Waals surface area (Å²) in [7, 11) is 0. The first-order valence-corrected chi connectivity index (χ1v) is 3.99. The molecule has 0 saturated heterocycles. The number of carboxylic acid groups (broad SMARTS) is 1. The van der Waals surface area contributed by atoms with E-state index in [0.717, 1.165) is 0 Å². The molecule has 0 aromatic carbocycles. The van der Waals surface area contributed by atoms with Gasteiger partial charge in [-0.15, -0.1) is 0 Å². The average Bonchev–Trinajstić information content (AvgIpc) is 1.84. The summed E-state index contributed by atoms with van der Waals surface area (Å²) >= 11 is 0. The third kappa shape index (κ3) is 5.92. The van der Waals surface area contributed by atoms with E-state index < -0.39 is 5.97 Å². The van der Waals surface area contributed by atoms with E-state index in [4.69, 9.17) is 5.11 Å². The zero-order valence-electron chi connectivity index (χ0n) is 7.98. The minimum Gasteiger partial charge on any atom is -0.478 e. The molecule has 0 aromatic rings. The van der Waals surface area contributed by atoms with Crippen LogP contribution in [0.4, 0.5) is 0 Å². The van der Waals surface area contributed by atoms with E-state index in [0.29, 0.717) is 13.0 Å². The molecular formula is C9H17NO2. The van der Waals surface area contributed by atoms with Gasteiger partial charge in [-0.05, 0) is 33.7 Å². The van der Waals surface area contributed by atoms with Crippen LogP contribution >= 0.6 is 0 Å². The van der Waals surface area contributed by atoms with Crippen LogP contribution in [0.3, 0.4) is 0 Å². The van der Waals surface area contributed by atoms with Gasteiger partial charge in [0.2, 0.25) is 0 Å². The second kappa shape index (κ2) is 4.26. The van der Waals surface area contributed by atoms with Gasteiger partial charge >= 0.3 is 5.97 Å². The lowest BCUT2D eigenvalue weighted by Crippen LogP contribution is -2.36. The molecule has 0 atom stereocenters. The fraction of sp³-hybridized carbons (Fsp3) is 0.667. The van der Waals surface area contributed by atoms with Crippen molar-refractivity contribution in [2.75, 3.05) is 6.54 Å². The van der Waals surface area contributed by atoms with E-state index in [1.54, 1.807) is 0 Å². The minimum atomic E-state index is -0.911. The Hall–Kier alpha value is -0.830. The number of carboxylic acids is 1. The number of nitrogens with one attached hydrogen (secondary N) is 1. The van der Waals surface area contributed by atoms with Gasteiger partial charge in [0.25, 0.3) is 0 Å². The summed E-state index contributed by atoms with van der Waals surface area (Å²) in [5.74, 6) is -0.911. The van der Waals surface area contributed by atoms with E-state index in [-0.39, 0.29) is 11.1 Å². The zero-order chi connectivity index (χ0) is 9.78. The molecule has 0 spiro atoms. The standard InChI is InChI=1S/C9H17NO2/c1-7(8(11)12)5-6-10-9(2,3)4/h10H,1,5-6H2,2-4H3,(H,11,12). The Morgan fingerprint density at radius 1 is 1.50 bits per heavy atom. The number of hydrogen-bond acceptors (Lipinski definition) is 2. The highest BCUT2D eigenvalue weighted by atomic mass is 16.4. The second-order valence-electron chi connectivity index (χ2n) is 3.84. The first kappa shape index (κ1) is 11.2. The van der Waals surface area contributed by atoms with Crippen LogP contribution in [0.25, 0.3) is 0 Å². The van der Waals surface area contributed by atoms with Crippen LogP contribution < -0.4 is 5.32 Å². The minimum absolute atomic E-state index is 0.0405. The summed E-state index contributed by atoms with van der Waals surface area (Å²) in [6.07, 6.45) is 0.493. The Labute approximate surface area is 73.5 Å². The van der Waals surface area contributed by atoms with Gasteiger partial charge in [-0.25, -0.2) is 4.79 Å². The maximum atomic E-state index is 10.3. The first-order chi connectivity index (χ1) is 5.33. The number of aliphatic carboxylic acids is 1. The monoisotopic (exact) mass is 171 g/mol. The molecule has 2 N–H and O–H groups in total.